The molecule has 0 saturated heterocycles. The summed E-state index contributed by atoms with van der Waals surface area (Å²) in [7, 11) is 0. The molecule has 0 spiro atoms. The smallest absolute Gasteiger partial charge is 0.251 e. The van der Waals surface area contributed by atoms with Gasteiger partial charge in [-0.3, -0.25) is 4.79 Å². The Hall–Kier alpha value is -2.13. The van der Waals surface area contributed by atoms with Gasteiger partial charge in [-0.05, 0) is 41.2 Å². The van der Waals surface area contributed by atoms with Gasteiger partial charge in [0.2, 0.25) is 0 Å². The Labute approximate surface area is 124 Å². The van der Waals surface area contributed by atoms with Crippen molar-refractivity contribution in [3.63, 3.8) is 0 Å². The standard InChI is InChI=1S/C18H18N2O/c19-17(16-9-12-3-1-2-4-14(12)16)13-6-5-11-7-8-20-18(21)15(11)10-13/h1-6,10,16-17H,7-9,19H2,(H,20,21). The van der Waals surface area contributed by atoms with Crippen LogP contribution in [-0.4, -0.2) is 12.5 Å². The van der Waals surface area contributed by atoms with E-state index in [1.165, 1.54) is 11.1 Å². The topological polar surface area (TPSA) is 55.1 Å². The average Bonchev–Trinajstić information content (AvgIpc) is 2.48. The third-order valence-electron chi connectivity index (χ3n) is 4.77. The van der Waals surface area contributed by atoms with Crippen molar-refractivity contribution in [2.24, 2.45) is 5.73 Å². The van der Waals surface area contributed by atoms with Gasteiger partial charge in [-0.25, -0.2) is 0 Å². The second kappa shape index (κ2) is 4.71. The largest absolute Gasteiger partial charge is 0.352 e. The minimum absolute atomic E-state index is 0.0271. The highest BCUT2D eigenvalue weighted by Crippen LogP contribution is 2.42. The molecule has 0 fully saturated rings. The lowest BCUT2D eigenvalue weighted by molar-refractivity contribution is 0.0946. The van der Waals surface area contributed by atoms with Crippen molar-refractivity contribution < 1.29 is 4.79 Å². The third kappa shape index (κ3) is 1.96. The molecule has 2 unspecified atom stereocenters. The second-order valence-corrected chi connectivity index (χ2v) is 5.96. The van der Waals surface area contributed by atoms with Crippen LogP contribution < -0.4 is 11.1 Å². The number of carbonyl (C=O) groups is 1. The number of nitrogens with one attached hydrogen (secondary N) is 1. The fourth-order valence-electron chi connectivity index (χ4n) is 3.49. The maximum atomic E-state index is 12.0. The Kier molecular flexibility index (Phi) is 2.82. The molecule has 1 amide bonds. The summed E-state index contributed by atoms with van der Waals surface area (Å²) >= 11 is 0. The zero-order chi connectivity index (χ0) is 14.4. The van der Waals surface area contributed by atoms with Gasteiger partial charge < -0.3 is 11.1 Å². The first-order chi connectivity index (χ1) is 10.2. The summed E-state index contributed by atoms with van der Waals surface area (Å²) < 4.78 is 0. The normalized spacial score (nSPS) is 20.8. The molecule has 106 valence electrons. The van der Waals surface area contributed by atoms with Crippen LogP contribution in [0.1, 0.15) is 44.6 Å². The van der Waals surface area contributed by atoms with Crippen LogP contribution in [0, 0.1) is 0 Å². The molecule has 0 bridgehead atoms. The minimum Gasteiger partial charge on any atom is -0.352 e. The summed E-state index contributed by atoms with van der Waals surface area (Å²) in [6, 6.07) is 14.6. The van der Waals surface area contributed by atoms with Crippen LogP contribution in [0.3, 0.4) is 0 Å². The zero-order valence-electron chi connectivity index (χ0n) is 11.8. The molecule has 2 aromatic rings. The lowest BCUT2D eigenvalue weighted by Gasteiger charge is -2.35. The Morgan fingerprint density at radius 1 is 1.14 bits per heavy atom. The molecule has 3 nitrogen and oxygen atoms in total. The van der Waals surface area contributed by atoms with Crippen LogP contribution >= 0.6 is 0 Å². The lowest BCUT2D eigenvalue weighted by Crippen LogP contribution is -2.33. The van der Waals surface area contributed by atoms with Crippen molar-refractivity contribution in [3.8, 4) is 0 Å². The van der Waals surface area contributed by atoms with E-state index in [0.29, 0.717) is 5.92 Å². The maximum absolute atomic E-state index is 12.0. The molecular formula is C18H18N2O. The summed E-state index contributed by atoms with van der Waals surface area (Å²) in [6.07, 6.45) is 1.93. The summed E-state index contributed by atoms with van der Waals surface area (Å²) in [5, 5.41) is 2.90. The van der Waals surface area contributed by atoms with Gasteiger partial charge in [0.05, 0.1) is 0 Å². The molecule has 2 aromatic carbocycles. The highest BCUT2D eigenvalue weighted by atomic mass is 16.1. The van der Waals surface area contributed by atoms with Crippen molar-refractivity contribution in [3.05, 3.63) is 70.3 Å². The number of fused-ring (bicyclic) bond motifs is 2. The van der Waals surface area contributed by atoms with Crippen molar-refractivity contribution >= 4 is 5.91 Å². The molecular weight excluding hydrogens is 260 g/mol. The molecule has 0 saturated carbocycles. The predicted molar refractivity (Wildman–Crippen MR) is 82.3 cm³/mol. The Morgan fingerprint density at radius 3 is 2.86 bits per heavy atom. The van der Waals surface area contributed by atoms with E-state index in [4.69, 9.17) is 5.73 Å². The number of hydrogen-bond donors (Lipinski definition) is 2. The van der Waals surface area contributed by atoms with Crippen LogP contribution in [0.2, 0.25) is 0 Å². The predicted octanol–water partition coefficient (Wildman–Crippen LogP) is 2.31. The monoisotopic (exact) mass is 278 g/mol. The van der Waals surface area contributed by atoms with Crippen molar-refractivity contribution in [2.75, 3.05) is 6.54 Å². The van der Waals surface area contributed by atoms with Crippen LogP contribution in [0.5, 0.6) is 0 Å². The summed E-state index contributed by atoms with van der Waals surface area (Å²) in [5.41, 5.74) is 12.2. The van der Waals surface area contributed by atoms with E-state index in [0.717, 1.165) is 36.1 Å². The SMILES string of the molecule is NC(c1ccc2c(c1)C(=O)NCC2)C1Cc2ccccc21. The number of benzene rings is 2. The lowest BCUT2D eigenvalue weighted by atomic mass is 9.72. The second-order valence-electron chi connectivity index (χ2n) is 5.96. The molecule has 4 rings (SSSR count). The first kappa shape index (κ1) is 12.6. The van der Waals surface area contributed by atoms with Gasteiger partial charge >= 0.3 is 0 Å². The van der Waals surface area contributed by atoms with Gasteiger partial charge in [0.15, 0.2) is 0 Å². The van der Waals surface area contributed by atoms with Gasteiger partial charge in [-0.15, -0.1) is 0 Å². The molecule has 1 aliphatic heterocycles. The van der Waals surface area contributed by atoms with Crippen LogP contribution in [0.4, 0.5) is 0 Å². The van der Waals surface area contributed by atoms with Gasteiger partial charge in [0.1, 0.15) is 0 Å². The van der Waals surface area contributed by atoms with E-state index in [2.05, 4.69) is 41.7 Å². The van der Waals surface area contributed by atoms with E-state index >= 15 is 0 Å². The number of amides is 1. The van der Waals surface area contributed by atoms with Gasteiger partial charge in [0.25, 0.3) is 5.91 Å². The highest BCUT2D eigenvalue weighted by Gasteiger charge is 2.32. The molecule has 21 heavy (non-hydrogen) atoms. The van der Waals surface area contributed by atoms with Gasteiger partial charge in [-0.1, -0.05) is 36.4 Å². The van der Waals surface area contributed by atoms with E-state index < -0.39 is 0 Å². The van der Waals surface area contributed by atoms with Crippen molar-refractivity contribution in [1.82, 2.24) is 5.32 Å². The molecule has 0 radical (unpaired) electrons. The molecule has 1 aliphatic carbocycles. The van der Waals surface area contributed by atoms with Crippen LogP contribution in [0.15, 0.2) is 42.5 Å². The van der Waals surface area contributed by atoms with E-state index in [1.54, 1.807) is 0 Å². The zero-order valence-corrected chi connectivity index (χ0v) is 11.8. The highest BCUT2D eigenvalue weighted by molar-refractivity contribution is 5.96. The number of carbonyl (C=O) groups excluding carboxylic acids is 1. The molecule has 1 heterocycles. The average molecular weight is 278 g/mol. The van der Waals surface area contributed by atoms with Crippen LogP contribution in [0.25, 0.3) is 0 Å². The van der Waals surface area contributed by atoms with Crippen molar-refractivity contribution in [2.45, 2.75) is 24.8 Å². The molecule has 3 heteroatoms. The first-order valence-corrected chi connectivity index (χ1v) is 7.48. The maximum Gasteiger partial charge on any atom is 0.251 e. The van der Waals surface area contributed by atoms with Gasteiger partial charge in [0, 0.05) is 24.1 Å². The number of nitrogens with two attached hydrogens (primary N) is 1. The Morgan fingerprint density at radius 2 is 2.00 bits per heavy atom. The summed E-state index contributed by atoms with van der Waals surface area (Å²) in [5.74, 6) is 0.394. The fraction of sp³-hybridized carbons (Fsp3) is 0.278. The number of hydrogen-bond acceptors (Lipinski definition) is 2. The Balaban J connectivity index is 1.66. The van der Waals surface area contributed by atoms with E-state index in [-0.39, 0.29) is 11.9 Å². The molecule has 2 aliphatic rings. The van der Waals surface area contributed by atoms with E-state index in [9.17, 15) is 4.79 Å². The first-order valence-electron chi connectivity index (χ1n) is 7.48. The molecule has 2 atom stereocenters. The quantitative estimate of drug-likeness (QED) is 0.885. The summed E-state index contributed by atoms with van der Waals surface area (Å²) in [4.78, 5) is 12.0. The Bertz CT molecular complexity index is 723. The fourth-order valence-corrected chi connectivity index (χ4v) is 3.49. The van der Waals surface area contributed by atoms with Crippen molar-refractivity contribution in [1.29, 1.82) is 0 Å². The molecule has 0 aromatic heterocycles. The van der Waals surface area contributed by atoms with Gasteiger partial charge in [-0.2, -0.15) is 0 Å². The van der Waals surface area contributed by atoms with Crippen LogP contribution in [-0.2, 0) is 12.8 Å². The third-order valence-corrected chi connectivity index (χ3v) is 4.77. The summed E-state index contributed by atoms with van der Waals surface area (Å²) in [6.45, 7) is 0.729. The molecule has 3 N–H and O–H groups in total. The minimum atomic E-state index is -0.0417. The van der Waals surface area contributed by atoms with E-state index in [1.807, 2.05) is 6.07 Å². The number of rotatable bonds is 2.